The number of hydrogen-bond acceptors (Lipinski definition) is 5. The van der Waals surface area contributed by atoms with Crippen molar-refractivity contribution in [1.82, 2.24) is 14.8 Å². The largest absolute Gasteiger partial charge is 0.313 e. The van der Waals surface area contributed by atoms with Gasteiger partial charge in [-0.15, -0.1) is 0 Å². The van der Waals surface area contributed by atoms with E-state index >= 15 is 0 Å². The van der Waals surface area contributed by atoms with E-state index in [4.69, 9.17) is 0 Å². The number of ketones is 1. The molecule has 1 atom stereocenters. The van der Waals surface area contributed by atoms with Gasteiger partial charge in [0.25, 0.3) is 5.56 Å². The Labute approximate surface area is 162 Å². The summed E-state index contributed by atoms with van der Waals surface area (Å²) in [5.41, 5.74) is 8.31. The third-order valence-electron chi connectivity index (χ3n) is 4.62. The first kappa shape index (κ1) is 19.1. The van der Waals surface area contributed by atoms with E-state index in [0.717, 1.165) is 11.3 Å². The molecule has 0 saturated heterocycles. The van der Waals surface area contributed by atoms with Gasteiger partial charge in [-0.25, -0.2) is 10.1 Å². The number of nitriles is 1. The smallest absolute Gasteiger partial charge is 0.296 e. The normalized spacial score (nSPS) is 11.6. The first-order chi connectivity index (χ1) is 13.4. The molecule has 142 valence electrons. The van der Waals surface area contributed by atoms with Crippen molar-refractivity contribution in [3.05, 3.63) is 81.8 Å². The molecule has 2 N–H and O–H groups in total. The molecule has 0 radical (unpaired) electrons. The highest BCUT2D eigenvalue weighted by Crippen LogP contribution is 2.13. The minimum Gasteiger partial charge on any atom is -0.313 e. The van der Waals surface area contributed by atoms with E-state index in [1.165, 1.54) is 4.68 Å². The third-order valence-corrected chi connectivity index (χ3v) is 4.62. The van der Waals surface area contributed by atoms with Crippen molar-refractivity contribution in [3.63, 3.8) is 0 Å². The minimum atomic E-state index is -1.13. The average Bonchev–Trinajstić information content (AvgIpc) is 2.92. The van der Waals surface area contributed by atoms with Gasteiger partial charge in [0.2, 0.25) is 0 Å². The third kappa shape index (κ3) is 3.59. The number of aryl methyl sites for hydroxylation is 1. The van der Waals surface area contributed by atoms with E-state index < -0.39 is 6.04 Å². The zero-order valence-corrected chi connectivity index (χ0v) is 15.9. The van der Waals surface area contributed by atoms with Crippen LogP contribution in [-0.2, 0) is 7.05 Å². The van der Waals surface area contributed by atoms with E-state index in [0.29, 0.717) is 11.3 Å². The number of benzene rings is 2. The Morgan fingerprint density at radius 1 is 1.07 bits per heavy atom. The molecule has 0 saturated carbocycles. The highest BCUT2D eigenvalue weighted by atomic mass is 16.1. The van der Waals surface area contributed by atoms with Crippen LogP contribution in [0.15, 0.2) is 59.4 Å². The highest BCUT2D eigenvalue weighted by molar-refractivity contribution is 6.01. The predicted octanol–water partition coefficient (Wildman–Crippen LogP) is 2.48. The number of anilines is 1. The molecule has 7 heteroatoms. The van der Waals surface area contributed by atoms with Crippen LogP contribution in [0.2, 0.25) is 0 Å². The molecule has 0 amide bonds. The van der Waals surface area contributed by atoms with Gasteiger partial charge in [0.05, 0.1) is 17.5 Å². The molecule has 1 heterocycles. The van der Waals surface area contributed by atoms with Gasteiger partial charge in [0, 0.05) is 12.6 Å². The molecule has 0 aliphatic rings. The number of hydrazine groups is 1. The molecule has 1 unspecified atom stereocenters. The fourth-order valence-corrected chi connectivity index (χ4v) is 2.90. The minimum absolute atomic E-state index is 0.279. The summed E-state index contributed by atoms with van der Waals surface area (Å²) in [5.74, 6) is -0.369. The van der Waals surface area contributed by atoms with Crippen LogP contribution in [0.1, 0.15) is 21.6 Å². The van der Waals surface area contributed by atoms with Crippen molar-refractivity contribution in [2.75, 3.05) is 5.43 Å². The molecule has 0 aliphatic heterocycles. The summed E-state index contributed by atoms with van der Waals surface area (Å²) in [6.45, 7) is 3.71. The maximum atomic E-state index is 12.9. The van der Waals surface area contributed by atoms with Crippen LogP contribution >= 0.6 is 0 Å². The number of Topliss-reactive ketones (excluding diaryl/α,β-unsaturated/α-hetero) is 1. The van der Waals surface area contributed by atoms with Crippen molar-refractivity contribution in [2.24, 2.45) is 7.05 Å². The van der Waals surface area contributed by atoms with Gasteiger partial charge in [-0.2, -0.15) is 5.26 Å². The van der Waals surface area contributed by atoms with Crippen LogP contribution in [0.5, 0.6) is 0 Å². The maximum Gasteiger partial charge on any atom is 0.296 e. The van der Waals surface area contributed by atoms with Crippen molar-refractivity contribution in [2.45, 2.75) is 19.9 Å². The first-order valence-corrected chi connectivity index (χ1v) is 8.80. The Hall–Kier alpha value is -3.63. The van der Waals surface area contributed by atoms with Gasteiger partial charge in [0.1, 0.15) is 5.69 Å². The van der Waals surface area contributed by atoms with Crippen LogP contribution < -0.4 is 16.4 Å². The van der Waals surface area contributed by atoms with Crippen molar-refractivity contribution in [1.29, 1.82) is 5.26 Å². The van der Waals surface area contributed by atoms with Crippen molar-refractivity contribution in [3.8, 4) is 11.8 Å². The van der Waals surface area contributed by atoms with E-state index in [1.807, 2.05) is 55.5 Å². The van der Waals surface area contributed by atoms with Gasteiger partial charge in [0.15, 0.2) is 11.8 Å². The van der Waals surface area contributed by atoms with Gasteiger partial charge in [-0.05, 0) is 26.0 Å². The molecular formula is C21H21N5O2. The number of para-hydroxylation sites is 1. The topological polar surface area (TPSA) is 91.8 Å². The SMILES string of the molecule is Cc1ccc(C(=O)C(C#N)NNc2c(C)n(C)n(-c3ccccc3)c2=O)cc1. The molecule has 3 rings (SSSR count). The fraction of sp³-hybridized carbons (Fsp3) is 0.190. The van der Waals surface area contributed by atoms with Crippen LogP contribution in [0.3, 0.4) is 0 Å². The van der Waals surface area contributed by atoms with Gasteiger partial charge >= 0.3 is 0 Å². The van der Waals surface area contributed by atoms with Gasteiger partial charge in [-0.1, -0.05) is 48.0 Å². The van der Waals surface area contributed by atoms with E-state index in [9.17, 15) is 14.9 Å². The first-order valence-electron chi connectivity index (χ1n) is 8.80. The summed E-state index contributed by atoms with van der Waals surface area (Å²) < 4.78 is 3.23. The molecular weight excluding hydrogens is 354 g/mol. The molecule has 0 spiro atoms. The summed E-state index contributed by atoms with van der Waals surface area (Å²) in [6, 6.07) is 17.0. The lowest BCUT2D eigenvalue weighted by Crippen LogP contribution is -2.40. The molecule has 0 fully saturated rings. The zero-order valence-electron chi connectivity index (χ0n) is 15.9. The fourth-order valence-electron chi connectivity index (χ4n) is 2.90. The van der Waals surface area contributed by atoms with Crippen molar-refractivity contribution >= 4 is 11.5 Å². The average molecular weight is 375 g/mol. The Bertz CT molecular complexity index is 1090. The second-order valence-electron chi connectivity index (χ2n) is 6.50. The Morgan fingerprint density at radius 3 is 2.32 bits per heavy atom. The number of rotatable bonds is 6. The Balaban J connectivity index is 1.84. The quantitative estimate of drug-likeness (QED) is 0.510. The summed E-state index contributed by atoms with van der Waals surface area (Å²) >= 11 is 0. The lowest BCUT2D eigenvalue weighted by atomic mass is 10.0. The molecule has 0 bridgehead atoms. The van der Waals surface area contributed by atoms with E-state index in [2.05, 4.69) is 10.9 Å². The second kappa shape index (κ2) is 7.94. The van der Waals surface area contributed by atoms with E-state index in [1.54, 1.807) is 30.8 Å². The van der Waals surface area contributed by atoms with Crippen LogP contribution in [0.25, 0.3) is 5.69 Å². The van der Waals surface area contributed by atoms with Crippen LogP contribution in [0, 0.1) is 25.2 Å². The number of carbonyl (C=O) groups excluding carboxylic acids is 1. The number of aromatic nitrogens is 2. The lowest BCUT2D eigenvalue weighted by Gasteiger charge is -2.12. The molecule has 3 aromatic rings. The molecule has 2 aromatic carbocycles. The van der Waals surface area contributed by atoms with E-state index in [-0.39, 0.29) is 17.0 Å². The maximum absolute atomic E-state index is 12.9. The summed E-state index contributed by atoms with van der Waals surface area (Å²) in [4.78, 5) is 25.4. The van der Waals surface area contributed by atoms with Crippen LogP contribution in [0.4, 0.5) is 5.69 Å². The number of nitrogens with zero attached hydrogens (tertiary/aromatic N) is 3. The predicted molar refractivity (Wildman–Crippen MR) is 107 cm³/mol. The lowest BCUT2D eigenvalue weighted by molar-refractivity contribution is 0.0969. The van der Waals surface area contributed by atoms with Crippen molar-refractivity contribution < 1.29 is 4.79 Å². The van der Waals surface area contributed by atoms with Crippen LogP contribution in [-0.4, -0.2) is 21.2 Å². The summed E-state index contributed by atoms with van der Waals surface area (Å²) in [5, 5.41) is 9.40. The monoisotopic (exact) mass is 375 g/mol. The molecule has 7 nitrogen and oxygen atoms in total. The number of hydrogen-bond donors (Lipinski definition) is 2. The summed E-state index contributed by atoms with van der Waals surface area (Å²) in [6.07, 6.45) is 0. The number of nitrogens with one attached hydrogen (secondary N) is 2. The molecule has 0 aliphatic carbocycles. The summed E-state index contributed by atoms with van der Waals surface area (Å²) in [7, 11) is 1.77. The standard InChI is InChI=1S/C21H21N5O2/c1-14-9-11-16(12-10-14)20(27)18(13-22)23-24-19-15(2)25(3)26(21(19)28)17-7-5-4-6-8-17/h4-12,18,23-24H,1-3H3. The van der Waals surface area contributed by atoms with Gasteiger partial charge in [-0.3, -0.25) is 14.3 Å². The molecule has 1 aromatic heterocycles. The zero-order chi connectivity index (χ0) is 20.3. The number of carbonyl (C=O) groups is 1. The molecule has 28 heavy (non-hydrogen) atoms. The Morgan fingerprint density at radius 2 is 1.71 bits per heavy atom. The second-order valence-corrected chi connectivity index (χ2v) is 6.50. The van der Waals surface area contributed by atoms with Gasteiger partial charge < -0.3 is 5.43 Å². The Kier molecular flexibility index (Phi) is 5.43. The highest BCUT2D eigenvalue weighted by Gasteiger charge is 2.22.